The molecule has 3 heterocycles. The van der Waals surface area contributed by atoms with Gasteiger partial charge in [0.25, 0.3) is 0 Å². The molecule has 4 rings (SSSR count). The summed E-state index contributed by atoms with van der Waals surface area (Å²) < 4.78 is 0. The molecule has 5 nitrogen and oxygen atoms in total. The summed E-state index contributed by atoms with van der Waals surface area (Å²) in [6, 6.07) is 5.44. The summed E-state index contributed by atoms with van der Waals surface area (Å²) in [7, 11) is 0. The van der Waals surface area contributed by atoms with Gasteiger partial charge in [-0.05, 0) is 62.9 Å². The van der Waals surface area contributed by atoms with Gasteiger partial charge in [0.1, 0.15) is 5.02 Å². The van der Waals surface area contributed by atoms with E-state index in [-0.39, 0.29) is 6.04 Å². The van der Waals surface area contributed by atoms with Crippen molar-refractivity contribution in [1.29, 1.82) is 0 Å². The SMILES string of the molecule is CCN1CCC2CN(c3nc(C)c(Cl)c(NC(C)c4ccc(Cl)cc4Cl)n3)CC2C1. The number of anilines is 2. The van der Waals surface area contributed by atoms with E-state index in [4.69, 9.17) is 44.8 Å². The molecule has 0 spiro atoms. The van der Waals surface area contributed by atoms with E-state index in [9.17, 15) is 0 Å². The normalized spacial score (nSPS) is 22.8. The van der Waals surface area contributed by atoms with E-state index < -0.39 is 0 Å². The van der Waals surface area contributed by atoms with Gasteiger partial charge >= 0.3 is 0 Å². The van der Waals surface area contributed by atoms with E-state index in [0.717, 1.165) is 42.8 Å². The maximum absolute atomic E-state index is 6.56. The number of benzene rings is 1. The highest BCUT2D eigenvalue weighted by Crippen LogP contribution is 2.36. The molecule has 0 aliphatic carbocycles. The van der Waals surface area contributed by atoms with Gasteiger partial charge in [-0.2, -0.15) is 4.98 Å². The van der Waals surface area contributed by atoms with Crippen molar-refractivity contribution in [2.24, 2.45) is 11.8 Å². The number of piperidine rings is 1. The van der Waals surface area contributed by atoms with Crippen molar-refractivity contribution in [2.75, 3.05) is 42.9 Å². The van der Waals surface area contributed by atoms with Crippen LogP contribution in [0.2, 0.25) is 15.1 Å². The fourth-order valence-electron chi connectivity index (χ4n) is 4.61. The van der Waals surface area contributed by atoms with Gasteiger partial charge in [-0.1, -0.05) is 47.8 Å². The molecule has 0 bridgehead atoms. The van der Waals surface area contributed by atoms with E-state index >= 15 is 0 Å². The minimum atomic E-state index is -0.0753. The van der Waals surface area contributed by atoms with E-state index in [2.05, 4.69) is 22.0 Å². The average molecular weight is 469 g/mol. The summed E-state index contributed by atoms with van der Waals surface area (Å²) in [5.41, 5.74) is 1.73. The van der Waals surface area contributed by atoms with Crippen LogP contribution < -0.4 is 10.2 Å². The highest BCUT2D eigenvalue weighted by molar-refractivity contribution is 6.35. The predicted molar refractivity (Wildman–Crippen MR) is 126 cm³/mol. The van der Waals surface area contributed by atoms with Crippen LogP contribution in [0.3, 0.4) is 0 Å². The number of nitrogens with zero attached hydrogens (tertiary/aromatic N) is 4. The third-order valence-electron chi connectivity index (χ3n) is 6.40. The molecular formula is C22H28Cl3N5. The summed E-state index contributed by atoms with van der Waals surface area (Å²) in [5, 5.41) is 5.21. The molecule has 3 atom stereocenters. The molecule has 2 aliphatic rings. The molecule has 162 valence electrons. The molecule has 1 aromatic carbocycles. The maximum atomic E-state index is 6.56. The molecule has 1 N–H and O–H groups in total. The summed E-state index contributed by atoms with van der Waals surface area (Å²) in [6.45, 7) is 11.7. The molecule has 0 amide bonds. The number of halogens is 3. The van der Waals surface area contributed by atoms with Crippen molar-refractivity contribution < 1.29 is 0 Å². The Balaban J connectivity index is 1.54. The van der Waals surface area contributed by atoms with E-state index in [1.54, 1.807) is 6.07 Å². The Kier molecular flexibility index (Phi) is 6.64. The standard InChI is InChI=1S/C22H28Cl3N5/c1-4-29-8-7-15-11-30(12-16(15)10-29)22-27-14(3)20(25)21(28-22)26-13(2)18-6-5-17(23)9-19(18)24/h5-6,9,13,15-16H,4,7-8,10-12H2,1-3H3,(H,26,27,28). The van der Waals surface area contributed by atoms with Crippen LogP contribution in [-0.4, -0.2) is 47.6 Å². The minimum Gasteiger partial charge on any atom is -0.362 e. The summed E-state index contributed by atoms with van der Waals surface area (Å²) in [5.74, 6) is 2.80. The van der Waals surface area contributed by atoms with Crippen molar-refractivity contribution in [1.82, 2.24) is 14.9 Å². The van der Waals surface area contributed by atoms with Gasteiger partial charge in [-0.15, -0.1) is 0 Å². The van der Waals surface area contributed by atoms with E-state index in [1.807, 2.05) is 26.0 Å². The zero-order chi connectivity index (χ0) is 21.4. The second-order valence-corrected chi connectivity index (χ2v) is 9.63. The first-order valence-electron chi connectivity index (χ1n) is 10.6. The Hall–Kier alpha value is -1.27. The number of aryl methyl sites for hydroxylation is 1. The van der Waals surface area contributed by atoms with Crippen LogP contribution in [0.1, 0.15) is 37.6 Å². The molecule has 3 unspecified atom stereocenters. The number of aromatic nitrogens is 2. The second-order valence-electron chi connectivity index (χ2n) is 8.41. The van der Waals surface area contributed by atoms with Crippen LogP contribution >= 0.6 is 34.8 Å². The minimum absolute atomic E-state index is 0.0753. The van der Waals surface area contributed by atoms with Gasteiger partial charge < -0.3 is 15.1 Å². The highest BCUT2D eigenvalue weighted by Gasteiger charge is 2.37. The van der Waals surface area contributed by atoms with Crippen LogP contribution in [0.5, 0.6) is 0 Å². The van der Waals surface area contributed by atoms with Gasteiger partial charge in [0.2, 0.25) is 5.95 Å². The maximum Gasteiger partial charge on any atom is 0.227 e. The number of nitrogens with one attached hydrogen (secondary N) is 1. The molecule has 2 fully saturated rings. The third-order valence-corrected chi connectivity index (χ3v) is 7.42. The molecule has 0 saturated carbocycles. The third kappa shape index (κ3) is 4.50. The lowest BCUT2D eigenvalue weighted by Crippen LogP contribution is -2.39. The largest absolute Gasteiger partial charge is 0.362 e. The number of rotatable bonds is 5. The van der Waals surface area contributed by atoms with Crippen LogP contribution in [0.4, 0.5) is 11.8 Å². The van der Waals surface area contributed by atoms with Gasteiger partial charge in [0.15, 0.2) is 5.82 Å². The summed E-state index contributed by atoms with van der Waals surface area (Å²) in [4.78, 5) is 14.4. The number of hydrogen-bond donors (Lipinski definition) is 1. The van der Waals surface area contributed by atoms with E-state index in [1.165, 1.54) is 19.5 Å². The Morgan fingerprint density at radius 3 is 2.63 bits per heavy atom. The quantitative estimate of drug-likeness (QED) is 0.610. The number of hydrogen-bond acceptors (Lipinski definition) is 5. The van der Waals surface area contributed by atoms with Crippen LogP contribution in [0.25, 0.3) is 0 Å². The van der Waals surface area contributed by atoms with Crippen LogP contribution in [0, 0.1) is 18.8 Å². The fourth-order valence-corrected chi connectivity index (χ4v) is 5.32. The molecule has 30 heavy (non-hydrogen) atoms. The highest BCUT2D eigenvalue weighted by atomic mass is 35.5. The topological polar surface area (TPSA) is 44.3 Å². The van der Waals surface area contributed by atoms with Crippen molar-refractivity contribution in [3.05, 3.63) is 44.5 Å². The van der Waals surface area contributed by atoms with Gasteiger partial charge in [-0.25, -0.2) is 4.98 Å². The first-order chi connectivity index (χ1) is 14.4. The summed E-state index contributed by atoms with van der Waals surface area (Å²) in [6.07, 6.45) is 1.25. The molecule has 2 aliphatic heterocycles. The summed E-state index contributed by atoms with van der Waals surface area (Å²) >= 11 is 19.0. The van der Waals surface area contributed by atoms with Crippen molar-refractivity contribution in [3.8, 4) is 0 Å². The van der Waals surface area contributed by atoms with Gasteiger partial charge in [-0.3, -0.25) is 0 Å². The van der Waals surface area contributed by atoms with Gasteiger partial charge in [0, 0.05) is 29.7 Å². The molecule has 8 heteroatoms. The Labute approximate surface area is 193 Å². The molecule has 0 radical (unpaired) electrons. The molecule has 1 aromatic heterocycles. The Bertz CT molecular complexity index is 922. The van der Waals surface area contributed by atoms with E-state index in [0.29, 0.717) is 26.8 Å². The predicted octanol–water partition coefficient (Wildman–Crippen LogP) is 5.70. The van der Waals surface area contributed by atoms with Gasteiger partial charge in [0.05, 0.1) is 11.7 Å². The molecule has 2 saturated heterocycles. The van der Waals surface area contributed by atoms with Crippen molar-refractivity contribution >= 4 is 46.6 Å². The zero-order valence-corrected chi connectivity index (χ0v) is 19.9. The molecular weight excluding hydrogens is 441 g/mol. The smallest absolute Gasteiger partial charge is 0.227 e. The fraction of sp³-hybridized carbons (Fsp3) is 0.545. The Morgan fingerprint density at radius 2 is 1.90 bits per heavy atom. The molecule has 2 aromatic rings. The average Bonchev–Trinajstić information content (AvgIpc) is 3.14. The zero-order valence-electron chi connectivity index (χ0n) is 17.6. The van der Waals surface area contributed by atoms with Crippen molar-refractivity contribution in [2.45, 2.75) is 33.2 Å². The Morgan fingerprint density at radius 1 is 1.13 bits per heavy atom. The van der Waals surface area contributed by atoms with Crippen LogP contribution in [0.15, 0.2) is 18.2 Å². The lowest BCUT2D eigenvalue weighted by molar-refractivity contribution is 0.155. The van der Waals surface area contributed by atoms with Crippen LogP contribution in [-0.2, 0) is 0 Å². The second kappa shape index (κ2) is 9.07. The van der Waals surface area contributed by atoms with Crippen molar-refractivity contribution in [3.63, 3.8) is 0 Å². The lowest BCUT2D eigenvalue weighted by Gasteiger charge is -2.33. The number of likely N-dealkylation sites (tertiary alicyclic amines) is 1. The monoisotopic (exact) mass is 467 g/mol. The first kappa shape index (κ1) is 21.9. The lowest BCUT2D eigenvalue weighted by atomic mass is 9.89. The number of fused-ring (bicyclic) bond motifs is 1. The first-order valence-corrected chi connectivity index (χ1v) is 11.7.